The minimum absolute atomic E-state index is 0.992. The van der Waals surface area contributed by atoms with E-state index in [-0.39, 0.29) is 0 Å². The van der Waals surface area contributed by atoms with Crippen molar-refractivity contribution in [3.8, 4) is 5.69 Å². The van der Waals surface area contributed by atoms with Crippen LogP contribution in [0.3, 0.4) is 0 Å². The fourth-order valence-corrected chi connectivity index (χ4v) is 1.76. The molecular weight excluding hydrogens is 198 g/mol. The zero-order valence-electron chi connectivity index (χ0n) is 8.96. The van der Waals surface area contributed by atoms with Crippen LogP contribution in [0, 0.1) is 6.92 Å². The van der Waals surface area contributed by atoms with Crippen molar-refractivity contribution in [3.63, 3.8) is 0 Å². The summed E-state index contributed by atoms with van der Waals surface area (Å²) in [6, 6.07) is 12.2. The smallest absolute Gasteiger partial charge is 0.0836 e. The number of aryl methyl sites for hydroxylation is 1. The van der Waals surface area contributed by atoms with E-state index in [4.69, 9.17) is 0 Å². The van der Waals surface area contributed by atoms with Gasteiger partial charge in [-0.1, -0.05) is 18.2 Å². The third kappa shape index (κ3) is 1.37. The molecule has 0 unspecified atom stereocenters. The highest BCUT2D eigenvalue weighted by atomic mass is 15.3. The van der Waals surface area contributed by atoms with E-state index in [1.54, 1.807) is 0 Å². The Bertz CT molecular complexity index is 623. The number of pyridine rings is 1. The summed E-state index contributed by atoms with van der Waals surface area (Å²) in [7, 11) is 0. The molecule has 0 saturated heterocycles. The molecule has 0 fully saturated rings. The van der Waals surface area contributed by atoms with Crippen LogP contribution in [0.1, 0.15) is 5.69 Å². The maximum absolute atomic E-state index is 4.37. The molecular formula is C13H11N3. The van der Waals surface area contributed by atoms with E-state index in [0.29, 0.717) is 0 Å². The van der Waals surface area contributed by atoms with Crippen LogP contribution >= 0.6 is 0 Å². The maximum atomic E-state index is 4.37. The maximum Gasteiger partial charge on any atom is 0.0836 e. The van der Waals surface area contributed by atoms with Gasteiger partial charge in [0.2, 0.25) is 0 Å². The lowest BCUT2D eigenvalue weighted by Gasteiger charge is -2.02. The standard InChI is InChI=1S/C13H11N3/c1-10-6-7-12(9-14-10)16-13-5-3-2-4-11(13)8-15-16/h2-9H,1H3. The molecule has 78 valence electrons. The van der Waals surface area contributed by atoms with Gasteiger partial charge in [0.25, 0.3) is 0 Å². The zero-order chi connectivity index (χ0) is 11.0. The molecule has 3 nitrogen and oxygen atoms in total. The van der Waals surface area contributed by atoms with Gasteiger partial charge in [-0.2, -0.15) is 5.10 Å². The van der Waals surface area contributed by atoms with E-state index < -0.39 is 0 Å². The van der Waals surface area contributed by atoms with Crippen molar-refractivity contribution in [2.45, 2.75) is 6.92 Å². The molecule has 0 aliphatic carbocycles. The number of fused-ring (bicyclic) bond motifs is 1. The van der Waals surface area contributed by atoms with Crippen molar-refractivity contribution < 1.29 is 0 Å². The average molecular weight is 209 g/mol. The lowest BCUT2D eigenvalue weighted by molar-refractivity contribution is 0.900. The van der Waals surface area contributed by atoms with Gasteiger partial charge in [0, 0.05) is 11.1 Å². The Hall–Kier alpha value is -2.16. The van der Waals surface area contributed by atoms with Crippen LogP contribution in [0.15, 0.2) is 48.8 Å². The Morgan fingerprint density at radius 1 is 1.00 bits per heavy atom. The van der Waals surface area contributed by atoms with Crippen molar-refractivity contribution in [1.29, 1.82) is 0 Å². The predicted molar refractivity (Wildman–Crippen MR) is 63.6 cm³/mol. The van der Waals surface area contributed by atoms with Crippen molar-refractivity contribution in [1.82, 2.24) is 14.8 Å². The van der Waals surface area contributed by atoms with Gasteiger partial charge < -0.3 is 0 Å². The van der Waals surface area contributed by atoms with Crippen LogP contribution in [-0.2, 0) is 0 Å². The molecule has 0 saturated carbocycles. The summed E-state index contributed by atoms with van der Waals surface area (Å²) in [5.41, 5.74) is 3.11. The molecule has 16 heavy (non-hydrogen) atoms. The van der Waals surface area contributed by atoms with E-state index in [1.165, 1.54) is 0 Å². The molecule has 0 bridgehead atoms. The van der Waals surface area contributed by atoms with Crippen LogP contribution in [0.4, 0.5) is 0 Å². The molecule has 1 aromatic carbocycles. The second kappa shape index (κ2) is 3.45. The molecule has 3 aromatic rings. The summed E-state index contributed by atoms with van der Waals surface area (Å²) in [5, 5.41) is 5.51. The Labute approximate surface area is 93.4 Å². The quantitative estimate of drug-likeness (QED) is 0.617. The molecule has 3 heteroatoms. The van der Waals surface area contributed by atoms with Gasteiger partial charge in [-0.05, 0) is 25.1 Å². The van der Waals surface area contributed by atoms with Crippen LogP contribution in [0.25, 0.3) is 16.6 Å². The van der Waals surface area contributed by atoms with Gasteiger partial charge in [-0.15, -0.1) is 0 Å². The summed E-state index contributed by atoms with van der Waals surface area (Å²) >= 11 is 0. The number of aromatic nitrogens is 3. The Kier molecular flexibility index (Phi) is 1.96. The van der Waals surface area contributed by atoms with Gasteiger partial charge in [0.05, 0.1) is 23.6 Å². The second-order valence-electron chi connectivity index (χ2n) is 3.77. The first kappa shape index (κ1) is 9.09. The first-order chi connectivity index (χ1) is 7.84. The third-order valence-corrected chi connectivity index (χ3v) is 2.62. The third-order valence-electron chi connectivity index (χ3n) is 2.62. The second-order valence-corrected chi connectivity index (χ2v) is 3.77. The van der Waals surface area contributed by atoms with Crippen molar-refractivity contribution >= 4 is 10.9 Å². The molecule has 0 aliphatic rings. The van der Waals surface area contributed by atoms with Gasteiger partial charge in [0.15, 0.2) is 0 Å². The van der Waals surface area contributed by atoms with Crippen LogP contribution in [0.2, 0.25) is 0 Å². The zero-order valence-corrected chi connectivity index (χ0v) is 8.96. The number of benzene rings is 1. The van der Waals surface area contributed by atoms with Crippen LogP contribution in [0.5, 0.6) is 0 Å². The highest BCUT2D eigenvalue weighted by molar-refractivity contribution is 5.79. The lowest BCUT2D eigenvalue weighted by Crippen LogP contribution is -1.96. The van der Waals surface area contributed by atoms with Gasteiger partial charge in [0.1, 0.15) is 0 Å². The first-order valence-electron chi connectivity index (χ1n) is 5.20. The van der Waals surface area contributed by atoms with E-state index in [2.05, 4.69) is 22.2 Å². The van der Waals surface area contributed by atoms with E-state index in [0.717, 1.165) is 22.3 Å². The number of nitrogens with zero attached hydrogens (tertiary/aromatic N) is 3. The van der Waals surface area contributed by atoms with Gasteiger partial charge >= 0.3 is 0 Å². The highest BCUT2D eigenvalue weighted by Crippen LogP contribution is 2.17. The van der Waals surface area contributed by atoms with Gasteiger partial charge in [-0.25, -0.2) is 4.68 Å². The molecule has 0 N–H and O–H groups in total. The summed E-state index contributed by atoms with van der Waals surface area (Å²) in [5.74, 6) is 0. The molecule has 2 aromatic heterocycles. The minimum Gasteiger partial charge on any atom is -0.259 e. The largest absolute Gasteiger partial charge is 0.259 e. The van der Waals surface area contributed by atoms with Crippen molar-refractivity contribution in [3.05, 3.63) is 54.5 Å². The van der Waals surface area contributed by atoms with Crippen molar-refractivity contribution in [2.24, 2.45) is 0 Å². The lowest BCUT2D eigenvalue weighted by atomic mass is 10.2. The number of hydrogen-bond acceptors (Lipinski definition) is 2. The monoisotopic (exact) mass is 209 g/mol. The summed E-state index contributed by atoms with van der Waals surface area (Å²) in [6.45, 7) is 1.98. The average Bonchev–Trinajstić information content (AvgIpc) is 2.74. The molecule has 3 rings (SSSR count). The number of para-hydroxylation sites is 1. The molecule has 0 spiro atoms. The Morgan fingerprint density at radius 3 is 2.69 bits per heavy atom. The molecule has 2 heterocycles. The van der Waals surface area contributed by atoms with E-state index >= 15 is 0 Å². The molecule has 0 aliphatic heterocycles. The Balaban J connectivity index is 2.22. The minimum atomic E-state index is 0.992. The topological polar surface area (TPSA) is 30.7 Å². The number of rotatable bonds is 1. The van der Waals surface area contributed by atoms with E-state index in [1.807, 2.05) is 48.3 Å². The summed E-state index contributed by atoms with van der Waals surface area (Å²) in [6.07, 6.45) is 3.71. The SMILES string of the molecule is Cc1ccc(-n2ncc3ccccc32)cn1. The highest BCUT2D eigenvalue weighted by Gasteiger charge is 2.03. The summed E-state index contributed by atoms with van der Waals surface area (Å²) in [4.78, 5) is 4.28. The van der Waals surface area contributed by atoms with Gasteiger partial charge in [-0.3, -0.25) is 4.98 Å². The van der Waals surface area contributed by atoms with E-state index in [9.17, 15) is 0 Å². The fourth-order valence-electron chi connectivity index (χ4n) is 1.76. The molecule has 0 amide bonds. The normalized spacial score (nSPS) is 10.8. The fraction of sp³-hybridized carbons (Fsp3) is 0.0769. The number of hydrogen-bond donors (Lipinski definition) is 0. The summed E-state index contributed by atoms with van der Waals surface area (Å²) < 4.78 is 1.90. The first-order valence-corrected chi connectivity index (χ1v) is 5.20. The van der Waals surface area contributed by atoms with Crippen LogP contribution in [-0.4, -0.2) is 14.8 Å². The van der Waals surface area contributed by atoms with Crippen molar-refractivity contribution in [2.75, 3.05) is 0 Å². The molecule has 0 radical (unpaired) electrons. The Morgan fingerprint density at radius 2 is 1.88 bits per heavy atom. The predicted octanol–water partition coefficient (Wildman–Crippen LogP) is 2.73. The van der Waals surface area contributed by atoms with Crippen LogP contribution < -0.4 is 0 Å². The molecule has 0 atom stereocenters.